The van der Waals surface area contributed by atoms with Gasteiger partial charge in [-0.2, -0.15) is 0 Å². The second-order valence-corrected chi connectivity index (χ2v) is 5.89. The van der Waals surface area contributed by atoms with Crippen LogP contribution in [0.25, 0.3) is 0 Å². The van der Waals surface area contributed by atoms with E-state index in [1.807, 2.05) is 0 Å². The van der Waals surface area contributed by atoms with Crippen LogP contribution in [0.4, 0.5) is 0 Å². The Labute approximate surface area is 98.6 Å². The Morgan fingerprint density at radius 1 is 1.44 bits per heavy atom. The highest BCUT2D eigenvalue weighted by Gasteiger charge is 2.43. The van der Waals surface area contributed by atoms with Crippen molar-refractivity contribution in [3.05, 3.63) is 0 Å². The molecule has 3 heteroatoms. The van der Waals surface area contributed by atoms with Gasteiger partial charge in [-0.15, -0.1) is 0 Å². The number of aliphatic hydroxyl groups excluding tert-OH is 1. The SMILES string of the molecule is CCCC(C)(C)CNC(=O)C1(CO)CCC1. The lowest BCUT2D eigenvalue weighted by molar-refractivity contribution is -0.139. The summed E-state index contributed by atoms with van der Waals surface area (Å²) in [7, 11) is 0. The fourth-order valence-electron chi connectivity index (χ4n) is 2.33. The molecule has 0 bridgehead atoms. The summed E-state index contributed by atoms with van der Waals surface area (Å²) in [6.45, 7) is 7.20. The fraction of sp³-hybridized carbons (Fsp3) is 0.923. The minimum atomic E-state index is -0.456. The van der Waals surface area contributed by atoms with Crippen molar-refractivity contribution in [1.29, 1.82) is 0 Å². The molecule has 3 nitrogen and oxygen atoms in total. The third-order valence-corrected chi connectivity index (χ3v) is 3.75. The van der Waals surface area contributed by atoms with E-state index in [0.29, 0.717) is 6.54 Å². The lowest BCUT2D eigenvalue weighted by atomic mass is 9.68. The van der Waals surface area contributed by atoms with Crippen molar-refractivity contribution in [2.45, 2.75) is 52.9 Å². The van der Waals surface area contributed by atoms with Crippen LogP contribution in [0.15, 0.2) is 0 Å². The summed E-state index contributed by atoms with van der Waals surface area (Å²) in [5.41, 5.74) is -0.299. The van der Waals surface area contributed by atoms with Gasteiger partial charge < -0.3 is 10.4 Å². The molecule has 0 aromatic rings. The van der Waals surface area contributed by atoms with Crippen molar-refractivity contribution in [1.82, 2.24) is 5.32 Å². The lowest BCUT2D eigenvalue weighted by Crippen LogP contribution is -2.50. The van der Waals surface area contributed by atoms with Gasteiger partial charge in [-0.25, -0.2) is 0 Å². The molecule has 0 radical (unpaired) electrons. The van der Waals surface area contributed by atoms with E-state index in [1.54, 1.807) is 0 Å². The third-order valence-electron chi connectivity index (χ3n) is 3.75. The van der Waals surface area contributed by atoms with Gasteiger partial charge in [-0.05, 0) is 24.7 Å². The van der Waals surface area contributed by atoms with Crippen LogP contribution in [-0.2, 0) is 4.79 Å². The topological polar surface area (TPSA) is 49.3 Å². The van der Waals surface area contributed by atoms with E-state index in [0.717, 1.165) is 32.1 Å². The van der Waals surface area contributed by atoms with Crippen molar-refractivity contribution in [3.8, 4) is 0 Å². The van der Waals surface area contributed by atoms with Gasteiger partial charge in [0.25, 0.3) is 0 Å². The number of nitrogens with one attached hydrogen (secondary N) is 1. The van der Waals surface area contributed by atoms with E-state index in [4.69, 9.17) is 0 Å². The first-order valence-corrected chi connectivity index (χ1v) is 6.35. The average molecular weight is 227 g/mol. The van der Waals surface area contributed by atoms with Crippen LogP contribution >= 0.6 is 0 Å². The normalized spacial score (nSPS) is 19.0. The second kappa shape index (κ2) is 5.17. The number of amides is 1. The minimum absolute atomic E-state index is 0.00691. The molecule has 0 aromatic carbocycles. The fourth-order valence-corrected chi connectivity index (χ4v) is 2.33. The molecule has 16 heavy (non-hydrogen) atoms. The van der Waals surface area contributed by atoms with Gasteiger partial charge in [0.1, 0.15) is 0 Å². The lowest BCUT2D eigenvalue weighted by Gasteiger charge is -2.39. The maximum absolute atomic E-state index is 12.0. The van der Waals surface area contributed by atoms with E-state index in [9.17, 15) is 9.90 Å². The first-order valence-electron chi connectivity index (χ1n) is 6.35. The molecule has 94 valence electrons. The number of carbonyl (C=O) groups is 1. The highest BCUT2D eigenvalue weighted by Crippen LogP contribution is 2.40. The Balaban J connectivity index is 2.40. The first-order chi connectivity index (χ1) is 7.46. The number of hydrogen-bond acceptors (Lipinski definition) is 2. The maximum atomic E-state index is 12.0. The summed E-state index contributed by atoms with van der Waals surface area (Å²) in [5.74, 6) is 0.0467. The first kappa shape index (κ1) is 13.5. The Kier molecular flexibility index (Phi) is 4.36. The van der Waals surface area contributed by atoms with Crippen LogP contribution in [0.3, 0.4) is 0 Å². The molecule has 0 saturated heterocycles. The summed E-state index contributed by atoms with van der Waals surface area (Å²) < 4.78 is 0. The molecule has 1 amide bonds. The molecular formula is C13H25NO2. The predicted molar refractivity (Wildman–Crippen MR) is 65.1 cm³/mol. The molecule has 1 rings (SSSR count). The molecular weight excluding hydrogens is 202 g/mol. The van der Waals surface area contributed by atoms with Gasteiger partial charge in [0.05, 0.1) is 12.0 Å². The van der Waals surface area contributed by atoms with E-state index in [1.165, 1.54) is 0 Å². The van der Waals surface area contributed by atoms with Crippen LogP contribution < -0.4 is 5.32 Å². The van der Waals surface area contributed by atoms with Crippen molar-refractivity contribution in [3.63, 3.8) is 0 Å². The van der Waals surface area contributed by atoms with E-state index in [-0.39, 0.29) is 17.9 Å². The van der Waals surface area contributed by atoms with Gasteiger partial charge in [0.15, 0.2) is 0 Å². The Morgan fingerprint density at radius 2 is 2.06 bits per heavy atom. The van der Waals surface area contributed by atoms with Crippen LogP contribution in [0.1, 0.15) is 52.9 Å². The quantitative estimate of drug-likeness (QED) is 0.730. The second-order valence-electron chi connectivity index (χ2n) is 5.89. The summed E-state index contributed by atoms with van der Waals surface area (Å²) in [6, 6.07) is 0. The molecule has 0 aliphatic heterocycles. The van der Waals surface area contributed by atoms with E-state index >= 15 is 0 Å². The van der Waals surface area contributed by atoms with Gasteiger partial charge in [-0.3, -0.25) is 4.79 Å². The van der Waals surface area contributed by atoms with Gasteiger partial charge in [0.2, 0.25) is 5.91 Å². The minimum Gasteiger partial charge on any atom is -0.395 e. The summed E-state index contributed by atoms with van der Waals surface area (Å²) in [5, 5.41) is 12.3. The smallest absolute Gasteiger partial charge is 0.228 e. The third kappa shape index (κ3) is 2.97. The van der Waals surface area contributed by atoms with Gasteiger partial charge >= 0.3 is 0 Å². The van der Waals surface area contributed by atoms with Crippen LogP contribution in [0.2, 0.25) is 0 Å². The molecule has 0 spiro atoms. The molecule has 1 fully saturated rings. The summed E-state index contributed by atoms with van der Waals surface area (Å²) in [6.07, 6.45) is 4.98. The number of hydrogen-bond donors (Lipinski definition) is 2. The monoisotopic (exact) mass is 227 g/mol. The zero-order valence-corrected chi connectivity index (χ0v) is 10.8. The van der Waals surface area contributed by atoms with Crippen LogP contribution in [0, 0.1) is 10.8 Å². The highest BCUT2D eigenvalue weighted by atomic mass is 16.3. The van der Waals surface area contributed by atoms with Crippen LogP contribution in [-0.4, -0.2) is 24.2 Å². The standard InChI is InChI=1S/C13H25NO2/c1-4-6-12(2,3)9-14-11(16)13(10-15)7-5-8-13/h15H,4-10H2,1-3H3,(H,14,16). The Morgan fingerprint density at radius 3 is 2.44 bits per heavy atom. The van der Waals surface area contributed by atoms with Crippen molar-refractivity contribution in [2.75, 3.05) is 13.2 Å². The molecule has 2 N–H and O–H groups in total. The summed E-state index contributed by atoms with van der Waals surface area (Å²) in [4.78, 5) is 12.0. The average Bonchev–Trinajstić information content (AvgIpc) is 2.14. The number of rotatable bonds is 6. The molecule has 0 atom stereocenters. The number of aliphatic hydroxyl groups is 1. The Hall–Kier alpha value is -0.570. The molecule has 1 saturated carbocycles. The molecule has 0 heterocycles. The zero-order chi connectivity index (χ0) is 12.2. The van der Waals surface area contributed by atoms with Gasteiger partial charge in [0, 0.05) is 6.54 Å². The molecule has 0 aromatic heterocycles. The largest absolute Gasteiger partial charge is 0.395 e. The Bertz CT molecular complexity index is 239. The molecule has 0 unspecified atom stereocenters. The van der Waals surface area contributed by atoms with Crippen molar-refractivity contribution >= 4 is 5.91 Å². The van der Waals surface area contributed by atoms with Gasteiger partial charge in [-0.1, -0.05) is 33.6 Å². The van der Waals surface area contributed by atoms with Crippen molar-refractivity contribution < 1.29 is 9.90 Å². The predicted octanol–water partition coefficient (Wildman–Crippen LogP) is 2.09. The summed E-state index contributed by atoms with van der Waals surface area (Å²) >= 11 is 0. The van der Waals surface area contributed by atoms with Crippen LogP contribution in [0.5, 0.6) is 0 Å². The maximum Gasteiger partial charge on any atom is 0.228 e. The van der Waals surface area contributed by atoms with E-state index < -0.39 is 5.41 Å². The molecule has 1 aliphatic rings. The van der Waals surface area contributed by atoms with E-state index in [2.05, 4.69) is 26.1 Å². The molecule has 1 aliphatic carbocycles. The highest BCUT2D eigenvalue weighted by molar-refractivity contribution is 5.83. The zero-order valence-electron chi connectivity index (χ0n) is 10.8. The van der Waals surface area contributed by atoms with Crippen molar-refractivity contribution in [2.24, 2.45) is 10.8 Å². The number of carbonyl (C=O) groups excluding carboxylic acids is 1.